The van der Waals surface area contributed by atoms with Gasteiger partial charge in [-0.25, -0.2) is 0 Å². The molecule has 0 spiro atoms. The van der Waals surface area contributed by atoms with E-state index in [9.17, 15) is 0 Å². The average Bonchev–Trinajstić information content (AvgIpc) is 2.97. The maximum atomic E-state index is 6.26. The molecule has 2 unspecified atom stereocenters. The molecule has 0 radical (unpaired) electrons. The molecule has 3 nitrogen and oxygen atoms in total. The van der Waals surface area contributed by atoms with Crippen LogP contribution in [0.2, 0.25) is 0 Å². The summed E-state index contributed by atoms with van der Waals surface area (Å²) in [7, 11) is 4.38. The summed E-state index contributed by atoms with van der Waals surface area (Å²) in [6.45, 7) is 3.12. The predicted molar refractivity (Wildman–Crippen MR) is 91.6 cm³/mol. The average molecular weight is 352 g/mol. The molecular formula is C17H26BrN3. The molecule has 0 aromatic heterocycles. The largest absolute Gasteiger partial charge is 0.329 e. The fourth-order valence-corrected chi connectivity index (χ4v) is 4.39. The quantitative estimate of drug-likeness (QED) is 0.906. The van der Waals surface area contributed by atoms with E-state index in [0.29, 0.717) is 6.04 Å². The first kappa shape index (κ1) is 15.5. The Bertz CT molecular complexity index is 517. The molecule has 1 fully saturated rings. The first-order valence-electron chi connectivity index (χ1n) is 7.93. The number of likely N-dealkylation sites (N-methyl/N-ethyl adjacent to an activating group) is 1. The molecule has 1 saturated heterocycles. The Labute approximate surface area is 136 Å². The minimum Gasteiger partial charge on any atom is -0.329 e. The van der Waals surface area contributed by atoms with Crippen molar-refractivity contribution in [2.24, 2.45) is 5.73 Å². The van der Waals surface area contributed by atoms with Crippen molar-refractivity contribution in [2.45, 2.75) is 37.3 Å². The van der Waals surface area contributed by atoms with Crippen LogP contribution in [-0.4, -0.2) is 55.1 Å². The van der Waals surface area contributed by atoms with E-state index in [2.05, 4.69) is 58.0 Å². The van der Waals surface area contributed by atoms with Gasteiger partial charge in [0.2, 0.25) is 0 Å². The number of nitrogens with zero attached hydrogens (tertiary/aromatic N) is 2. The minimum absolute atomic E-state index is 0.172. The summed E-state index contributed by atoms with van der Waals surface area (Å²) < 4.78 is 1.19. The molecular weight excluding hydrogens is 326 g/mol. The zero-order valence-electron chi connectivity index (χ0n) is 13.1. The van der Waals surface area contributed by atoms with Crippen LogP contribution in [-0.2, 0) is 12.8 Å². The summed E-state index contributed by atoms with van der Waals surface area (Å²) in [6.07, 6.45) is 4.70. The van der Waals surface area contributed by atoms with Crippen molar-refractivity contribution in [1.82, 2.24) is 9.80 Å². The molecule has 2 N–H and O–H groups in total. The maximum absolute atomic E-state index is 6.26. The summed E-state index contributed by atoms with van der Waals surface area (Å²) in [5.74, 6) is 0. The van der Waals surface area contributed by atoms with Gasteiger partial charge in [-0.05, 0) is 63.0 Å². The third kappa shape index (κ3) is 2.91. The SMILES string of the molecule is CN(C)C1CCN(C2(CN)CCc3cc(Br)ccc3C2)C1. The van der Waals surface area contributed by atoms with Crippen molar-refractivity contribution in [1.29, 1.82) is 0 Å². The van der Waals surface area contributed by atoms with Crippen LogP contribution in [0.25, 0.3) is 0 Å². The van der Waals surface area contributed by atoms with Gasteiger partial charge in [-0.15, -0.1) is 0 Å². The first-order valence-corrected chi connectivity index (χ1v) is 8.72. The minimum atomic E-state index is 0.172. The molecule has 2 atom stereocenters. The zero-order valence-corrected chi connectivity index (χ0v) is 14.7. The number of fused-ring (bicyclic) bond motifs is 1. The molecule has 1 aromatic carbocycles. The number of benzene rings is 1. The highest BCUT2D eigenvalue weighted by atomic mass is 79.9. The van der Waals surface area contributed by atoms with E-state index in [0.717, 1.165) is 25.9 Å². The van der Waals surface area contributed by atoms with E-state index in [1.54, 1.807) is 0 Å². The van der Waals surface area contributed by atoms with Crippen LogP contribution in [0.1, 0.15) is 24.0 Å². The van der Waals surface area contributed by atoms with Gasteiger partial charge >= 0.3 is 0 Å². The van der Waals surface area contributed by atoms with Crippen molar-refractivity contribution in [2.75, 3.05) is 33.7 Å². The van der Waals surface area contributed by atoms with Crippen molar-refractivity contribution >= 4 is 15.9 Å². The fourth-order valence-electron chi connectivity index (χ4n) is 3.98. The lowest BCUT2D eigenvalue weighted by atomic mass is 9.77. The monoisotopic (exact) mass is 351 g/mol. The highest BCUT2D eigenvalue weighted by Gasteiger charge is 2.42. The third-order valence-corrected chi connectivity index (χ3v) is 5.99. The summed E-state index contributed by atoms with van der Waals surface area (Å²) in [5.41, 5.74) is 9.42. The maximum Gasteiger partial charge on any atom is 0.0375 e. The van der Waals surface area contributed by atoms with Gasteiger partial charge in [0, 0.05) is 35.7 Å². The first-order chi connectivity index (χ1) is 10.0. The molecule has 0 amide bonds. The number of aryl methyl sites for hydroxylation is 1. The summed E-state index contributed by atoms with van der Waals surface area (Å²) in [5, 5.41) is 0. The molecule has 1 heterocycles. The Morgan fingerprint density at radius 3 is 2.86 bits per heavy atom. The number of nitrogens with two attached hydrogens (primary N) is 1. The molecule has 1 aliphatic carbocycles. The molecule has 0 saturated carbocycles. The Kier molecular flexibility index (Phi) is 4.42. The van der Waals surface area contributed by atoms with Crippen molar-refractivity contribution < 1.29 is 0 Å². The van der Waals surface area contributed by atoms with Gasteiger partial charge < -0.3 is 10.6 Å². The molecule has 2 aliphatic rings. The van der Waals surface area contributed by atoms with E-state index in [-0.39, 0.29) is 5.54 Å². The van der Waals surface area contributed by atoms with Crippen LogP contribution in [0.3, 0.4) is 0 Å². The van der Waals surface area contributed by atoms with Gasteiger partial charge in [0.25, 0.3) is 0 Å². The van der Waals surface area contributed by atoms with Crippen LogP contribution in [0.5, 0.6) is 0 Å². The molecule has 1 aromatic rings. The molecule has 3 rings (SSSR count). The molecule has 116 valence electrons. The highest BCUT2D eigenvalue weighted by Crippen LogP contribution is 2.36. The van der Waals surface area contributed by atoms with E-state index in [4.69, 9.17) is 5.73 Å². The normalized spacial score (nSPS) is 29.9. The lowest BCUT2D eigenvalue weighted by Crippen LogP contribution is -2.56. The second kappa shape index (κ2) is 5.99. The van der Waals surface area contributed by atoms with Crippen LogP contribution in [0.15, 0.2) is 22.7 Å². The van der Waals surface area contributed by atoms with Crippen molar-refractivity contribution in [3.05, 3.63) is 33.8 Å². The molecule has 0 bridgehead atoms. The summed E-state index contributed by atoms with van der Waals surface area (Å²) >= 11 is 3.59. The second-order valence-electron chi connectivity index (χ2n) is 6.87. The Hall–Kier alpha value is -0.420. The standard InChI is InChI=1S/C17H26BrN3/c1-20(2)16-6-8-21(11-16)17(12-19)7-5-13-9-15(18)4-3-14(13)10-17/h3-4,9,16H,5-8,10-12,19H2,1-2H3. The van der Waals surface area contributed by atoms with Gasteiger partial charge in [-0.3, -0.25) is 4.90 Å². The van der Waals surface area contributed by atoms with E-state index < -0.39 is 0 Å². The summed E-state index contributed by atoms with van der Waals surface area (Å²) in [4.78, 5) is 5.03. The van der Waals surface area contributed by atoms with Crippen molar-refractivity contribution in [3.63, 3.8) is 0 Å². The van der Waals surface area contributed by atoms with Gasteiger partial charge in [0.15, 0.2) is 0 Å². The van der Waals surface area contributed by atoms with Gasteiger partial charge in [0.05, 0.1) is 0 Å². The lowest BCUT2D eigenvalue weighted by Gasteiger charge is -2.45. The molecule has 1 aliphatic heterocycles. The molecule has 21 heavy (non-hydrogen) atoms. The van der Waals surface area contributed by atoms with E-state index in [1.165, 1.54) is 35.0 Å². The highest BCUT2D eigenvalue weighted by molar-refractivity contribution is 9.10. The van der Waals surface area contributed by atoms with Crippen LogP contribution < -0.4 is 5.73 Å². The van der Waals surface area contributed by atoms with Crippen LogP contribution >= 0.6 is 15.9 Å². The van der Waals surface area contributed by atoms with Crippen LogP contribution in [0, 0.1) is 0 Å². The smallest absolute Gasteiger partial charge is 0.0375 e. The van der Waals surface area contributed by atoms with Gasteiger partial charge in [0.1, 0.15) is 0 Å². The summed E-state index contributed by atoms with van der Waals surface area (Å²) in [6, 6.07) is 7.41. The van der Waals surface area contributed by atoms with E-state index in [1.807, 2.05) is 0 Å². The van der Waals surface area contributed by atoms with Crippen LogP contribution in [0.4, 0.5) is 0 Å². The van der Waals surface area contributed by atoms with Crippen molar-refractivity contribution in [3.8, 4) is 0 Å². The molecule has 4 heteroatoms. The number of likely N-dealkylation sites (tertiary alicyclic amines) is 1. The third-order valence-electron chi connectivity index (χ3n) is 5.49. The topological polar surface area (TPSA) is 32.5 Å². The van der Waals surface area contributed by atoms with Gasteiger partial charge in [-0.1, -0.05) is 22.0 Å². The predicted octanol–water partition coefficient (Wildman–Crippen LogP) is 2.27. The Balaban J connectivity index is 1.81. The Morgan fingerprint density at radius 1 is 1.38 bits per heavy atom. The number of hydrogen-bond donors (Lipinski definition) is 1. The lowest BCUT2D eigenvalue weighted by molar-refractivity contribution is 0.0982. The number of hydrogen-bond acceptors (Lipinski definition) is 3. The Morgan fingerprint density at radius 2 is 2.19 bits per heavy atom. The number of rotatable bonds is 3. The fraction of sp³-hybridized carbons (Fsp3) is 0.647. The second-order valence-corrected chi connectivity index (χ2v) is 7.79. The number of halogens is 1. The van der Waals surface area contributed by atoms with Gasteiger partial charge in [-0.2, -0.15) is 0 Å². The van der Waals surface area contributed by atoms with E-state index >= 15 is 0 Å². The zero-order chi connectivity index (χ0) is 15.0.